The summed E-state index contributed by atoms with van der Waals surface area (Å²) < 4.78 is 16.3. The van der Waals surface area contributed by atoms with Crippen molar-refractivity contribution in [2.75, 3.05) is 0 Å². The zero-order valence-electron chi connectivity index (χ0n) is 5.77. The molecule has 1 aromatic carbocycles. The van der Waals surface area contributed by atoms with E-state index in [1.165, 1.54) is 4.70 Å². The van der Waals surface area contributed by atoms with Crippen molar-refractivity contribution in [1.29, 1.82) is 0 Å². The monoisotopic (exact) mass is 404 g/mol. The molecule has 62 valence electrons. The molecule has 2 rings (SSSR count). The van der Waals surface area contributed by atoms with E-state index in [-0.39, 0.29) is 5.82 Å². The summed E-state index contributed by atoms with van der Waals surface area (Å²) in [6, 6.07) is 3.16. The fourth-order valence-electron chi connectivity index (χ4n) is 1.03. The Morgan fingerprint density at radius 2 is 1.92 bits per heavy atom. The Balaban J connectivity index is 2.92. The lowest BCUT2D eigenvalue weighted by molar-refractivity contribution is 0.629. The van der Waals surface area contributed by atoms with Crippen molar-refractivity contribution < 1.29 is 4.39 Å². The van der Waals surface area contributed by atoms with Crippen molar-refractivity contribution >= 4 is 66.6 Å². The summed E-state index contributed by atoms with van der Waals surface area (Å²) in [6.07, 6.45) is 0. The van der Waals surface area contributed by atoms with E-state index >= 15 is 0 Å². The molecular formula is C8H3FI2S. The summed E-state index contributed by atoms with van der Waals surface area (Å²) in [5.41, 5.74) is 0. The van der Waals surface area contributed by atoms with E-state index in [4.69, 9.17) is 0 Å². The molecule has 1 heterocycles. The molecule has 0 bridgehead atoms. The second-order valence-electron chi connectivity index (χ2n) is 2.35. The van der Waals surface area contributed by atoms with Gasteiger partial charge in [0.25, 0.3) is 0 Å². The van der Waals surface area contributed by atoms with Gasteiger partial charge in [-0.25, -0.2) is 4.39 Å². The number of thiophene rings is 1. The number of hydrogen-bond acceptors (Lipinski definition) is 1. The Morgan fingerprint density at radius 1 is 1.17 bits per heavy atom. The maximum absolute atomic E-state index is 13.0. The SMILES string of the molecule is Fc1cc(I)c2scc(I)c2c1. The van der Waals surface area contributed by atoms with E-state index in [2.05, 4.69) is 45.2 Å². The highest BCUT2D eigenvalue weighted by atomic mass is 127. The van der Waals surface area contributed by atoms with E-state index < -0.39 is 0 Å². The fourth-order valence-corrected chi connectivity index (χ4v) is 3.81. The second kappa shape index (κ2) is 3.38. The highest BCUT2D eigenvalue weighted by Crippen LogP contribution is 2.31. The highest BCUT2D eigenvalue weighted by Gasteiger charge is 2.06. The predicted molar refractivity (Wildman–Crippen MR) is 67.2 cm³/mol. The summed E-state index contributed by atoms with van der Waals surface area (Å²) >= 11 is 6.06. The van der Waals surface area contributed by atoms with Crippen LogP contribution in [-0.2, 0) is 0 Å². The van der Waals surface area contributed by atoms with Crippen LogP contribution >= 0.6 is 56.5 Å². The normalized spacial score (nSPS) is 10.9. The van der Waals surface area contributed by atoms with Crippen LogP contribution in [0.15, 0.2) is 17.5 Å². The van der Waals surface area contributed by atoms with Gasteiger partial charge in [-0.2, -0.15) is 0 Å². The van der Waals surface area contributed by atoms with Gasteiger partial charge in [0.1, 0.15) is 5.82 Å². The molecule has 1 aromatic heterocycles. The van der Waals surface area contributed by atoms with Crippen LogP contribution < -0.4 is 0 Å². The van der Waals surface area contributed by atoms with Crippen LogP contribution in [0, 0.1) is 13.0 Å². The van der Waals surface area contributed by atoms with Gasteiger partial charge in [-0.3, -0.25) is 0 Å². The number of halogens is 3. The summed E-state index contributed by atoms with van der Waals surface area (Å²) in [5, 5.41) is 3.08. The molecule has 0 radical (unpaired) electrons. The number of benzene rings is 1. The molecule has 4 heteroatoms. The first kappa shape index (κ1) is 9.14. The van der Waals surface area contributed by atoms with Crippen molar-refractivity contribution in [3.63, 3.8) is 0 Å². The molecule has 0 amide bonds. The summed E-state index contributed by atoms with van der Waals surface area (Å²) in [5.74, 6) is -0.150. The molecule has 0 aliphatic carbocycles. The van der Waals surface area contributed by atoms with Crippen molar-refractivity contribution in [2.24, 2.45) is 0 Å². The predicted octanol–water partition coefficient (Wildman–Crippen LogP) is 4.25. The van der Waals surface area contributed by atoms with Crippen LogP contribution in [0.4, 0.5) is 4.39 Å². The molecule has 0 unspecified atom stereocenters. The molecule has 0 atom stereocenters. The van der Waals surface area contributed by atoms with Crippen LogP contribution in [0.3, 0.4) is 0 Å². The van der Waals surface area contributed by atoms with Gasteiger partial charge in [0.05, 0.1) is 0 Å². The minimum Gasteiger partial charge on any atom is -0.207 e. The smallest absolute Gasteiger partial charge is 0.124 e. The molecule has 0 nitrogen and oxygen atoms in total. The largest absolute Gasteiger partial charge is 0.207 e. The standard InChI is InChI=1S/C8H3FI2S/c9-4-1-5-7(11)3-12-8(5)6(10)2-4/h1-3H. The molecule has 0 aliphatic heterocycles. The quantitative estimate of drug-likeness (QED) is 0.577. The summed E-state index contributed by atoms with van der Waals surface area (Å²) in [6.45, 7) is 0. The first-order valence-electron chi connectivity index (χ1n) is 3.20. The first-order valence-corrected chi connectivity index (χ1v) is 6.24. The maximum atomic E-state index is 13.0. The lowest BCUT2D eigenvalue weighted by atomic mass is 10.3. The molecule has 0 aliphatic rings. The van der Waals surface area contributed by atoms with Gasteiger partial charge in [0, 0.05) is 22.6 Å². The molecule has 12 heavy (non-hydrogen) atoms. The average molecular weight is 404 g/mol. The van der Waals surface area contributed by atoms with Crippen LogP contribution in [-0.4, -0.2) is 0 Å². The third-order valence-corrected chi connectivity index (χ3v) is 5.11. The molecule has 0 saturated carbocycles. The van der Waals surface area contributed by atoms with E-state index in [9.17, 15) is 4.39 Å². The molecule has 0 spiro atoms. The number of fused-ring (bicyclic) bond motifs is 1. The van der Waals surface area contributed by atoms with Gasteiger partial charge in [-0.1, -0.05) is 0 Å². The summed E-state index contributed by atoms with van der Waals surface area (Å²) in [7, 11) is 0. The Kier molecular flexibility index (Phi) is 2.57. The number of hydrogen-bond donors (Lipinski definition) is 0. The minimum absolute atomic E-state index is 0.150. The van der Waals surface area contributed by atoms with Gasteiger partial charge < -0.3 is 0 Å². The van der Waals surface area contributed by atoms with Crippen LogP contribution in [0.5, 0.6) is 0 Å². The third-order valence-electron chi connectivity index (χ3n) is 1.55. The van der Waals surface area contributed by atoms with E-state index in [0.717, 1.165) is 12.5 Å². The number of rotatable bonds is 0. The molecule has 0 saturated heterocycles. The zero-order chi connectivity index (χ0) is 8.72. The van der Waals surface area contributed by atoms with E-state index in [1.54, 1.807) is 23.5 Å². The lowest BCUT2D eigenvalue weighted by Gasteiger charge is -1.94. The van der Waals surface area contributed by atoms with E-state index in [1.807, 2.05) is 5.38 Å². The second-order valence-corrected chi connectivity index (χ2v) is 5.55. The third kappa shape index (κ3) is 1.48. The van der Waals surface area contributed by atoms with Crippen LogP contribution in [0.2, 0.25) is 0 Å². The van der Waals surface area contributed by atoms with Gasteiger partial charge in [0.2, 0.25) is 0 Å². The van der Waals surface area contributed by atoms with Crippen LogP contribution in [0.25, 0.3) is 10.1 Å². The van der Waals surface area contributed by atoms with Crippen molar-refractivity contribution in [3.8, 4) is 0 Å². The lowest BCUT2D eigenvalue weighted by Crippen LogP contribution is -1.77. The minimum atomic E-state index is -0.150. The van der Waals surface area contributed by atoms with Gasteiger partial charge in [-0.05, 0) is 57.3 Å². The topological polar surface area (TPSA) is 0 Å². The highest BCUT2D eigenvalue weighted by molar-refractivity contribution is 14.1. The van der Waals surface area contributed by atoms with Crippen molar-refractivity contribution in [1.82, 2.24) is 0 Å². The van der Waals surface area contributed by atoms with Crippen molar-refractivity contribution in [2.45, 2.75) is 0 Å². The van der Waals surface area contributed by atoms with E-state index in [0.29, 0.717) is 0 Å². The van der Waals surface area contributed by atoms with Gasteiger partial charge >= 0.3 is 0 Å². The van der Waals surface area contributed by atoms with Crippen molar-refractivity contribution in [3.05, 3.63) is 30.5 Å². The Hall–Kier alpha value is 0.570. The van der Waals surface area contributed by atoms with Gasteiger partial charge in [0.15, 0.2) is 0 Å². The Labute approximate surface area is 100 Å². The molecule has 2 aromatic rings. The maximum Gasteiger partial charge on any atom is 0.124 e. The summed E-state index contributed by atoms with van der Waals surface area (Å²) in [4.78, 5) is 0. The average Bonchev–Trinajstić information content (AvgIpc) is 2.33. The fraction of sp³-hybridized carbons (Fsp3) is 0. The molecule has 0 fully saturated rings. The zero-order valence-corrected chi connectivity index (χ0v) is 10.9. The Bertz CT molecular complexity index is 436. The van der Waals surface area contributed by atoms with Crippen LogP contribution in [0.1, 0.15) is 0 Å². The Morgan fingerprint density at radius 3 is 2.67 bits per heavy atom. The molecule has 0 N–H and O–H groups in total. The first-order chi connectivity index (χ1) is 5.68. The molecular weight excluding hydrogens is 401 g/mol. The van der Waals surface area contributed by atoms with Gasteiger partial charge in [-0.15, -0.1) is 11.3 Å².